The van der Waals surface area contributed by atoms with Crippen LogP contribution in [0.4, 0.5) is 0 Å². The number of unbranched alkanes of at least 4 members (excludes halogenated alkanes) is 2. The van der Waals surface area contributed by atoms with E-state index in [4.69, 9.17) is 12.2 Å². The monoisotopic (exact) mass is 138 g/mol. The van der Waals surface area contributed by atoms with E-state index >= 15 is 0 Å². The third kappa shape index (κ3) is 7.03. The minimum absolute atomic E-state index is 0.653. The molecule has 0 spiro atoms. The Kier molecular flexibility index (Phi) is 5.56. The van der Waals surface area contributed by atoms with Crippen molar-refractivity contribution in [2.75, 3.05) is 6.54 Å². The molecule has 0 rings (SSSR count). The van der Waals surface area contributed by atoms with Crippen LogP contribution in [0.3, 0.4) is 0 Å². The molecule has 0 heterocycles. The van der Waals surface area contributed by atoms with Gasteiger partial charge in [0.15, 0.2) is 0 Å². The van der Waals surface area contributed by atoms with Crippen LogP contribution in [0.1, 0.15) is 26.2 Å². The SMILES string of the molecule is C#CCCCCN=C(C)N. The highest BCUT2D eigenvalue weighted by Gasteiger charge is 1.83. The Bertz CT molecular complexity index is 138. The van der Waals surface area contributed by atoms with Gasteiger partial charge in [-0.05, 0) is 19.8 Å². The highest BCUT2D eigenvalue weighted by molar-refractivity contribution is 5.77. The van der Waals surface area contributed by atoms with Gasteiger partial charge in [-0.2, -0.15) is 0 Å². The molecule has 0 unspecified atom stereocenters. The molecule has 2 nitrogen and oxygen atoms in total. The van der Waals surface area contributed by atoms with E-state index in [1.54, 1.807) is 6.92 Å². The third-order valence-corrected chi connectivity index (χ3v) is 1.09. The molecule has 0 radical (unpaired) electrons. The third-order valence-electron chi connectivity index (χ3n) is 1.09. The van der Waals surface area contributed by atoms with Gasteiger partial charge in [0.05, 0.1) is 5.84 Å². The van der Waals surface area contributed by atoms with Crippen molar-refractivity contribution in [3.8, 4) is 12.3 Å². The lowest BCUT2D eigenvalue weighted by Gasteiger charge is -1.92. The molecule has 0 aliphatic rings. The van der Waals surface area contributed by atoms with E-state index in [1.807, 2.05) is 0 Å². The van der Waals surface area contributed by atoms with Gasteiger partial charge < -0.3 is 5.73 Å². The Morgan fingerprint density at radius 1 is 1.60 bits per heavy atom. The van der Waals surface area contributed by atoms with Crippen LogP contribution in [0.25, 0.3) is 0 Å². The van der Waals surface area contributed by atoms with E-state index < -0.39 is 0 Å². The van der Waals surface area contributed by atoms with Crippen molar-refractivity contribution in [2.45, 2.75) is 26.2 Å². The van der Waals surface area contributed by atoms with Gasteiger partial charge in [0.25, 0.3) is 0 Å². The van der Waals surface area contributed by atoms with Crippen molar-refractivity contribution >= 4 is 5.84 Å². The lowest BCUT2D eigenvalue weighted by molar-refractivity contribution is 0.768. The van der Waals surface area contributed by atoms with Gasteiger partial charge in [-0.15, -0.1) is 12.3 Å². The fraction of sp³-hybridized carbons (Fsp3) is 0.625. The molecule has 0 aromatic rings. The lowest BCUT2D eigenvalue weighted by Crippen LogP contribution is -2.05. The largest absolute Gasteiger partial charge is 0.388 e. The highest BCUT2D eigenvalue weighted by Crippen LogP contribution is 1.93. The number of hydrogen-bond acceptors (Lipinski definition) is 1. The summed E-state index contributed by atoms with van der Waals surface area (Å²) in [6, 6.07) is 0. The van der Waals surface area contributed by atoms with Gasteiger partial charge in [0, 0.05) is 13.0 Å². The van der Waals surface area contributed by atoms with Gasteiger partial charge in [-0.25, -0.2) is 0 Å². The zero-order chi connectivity index (χ0) is 7.82. The molecule has 56 valence electrons. The van der Waals surface area contributed by atoms with Crippen LogP contribution in [0, 0.1) is 12.3 Å². The van der Waals surface area contributed by atoms with Crippen LogP contribution >= 0.6 is 0 Å². The fourth-order valence-electron chi connectivity index (χ4n) is 0.594. The molecule has 2 N–H and O–H groups in total. The summed E-state index contributed by atoms with van der Waals surface area (Å²) in [7, 11) is 0. The number of hydrogen-bond donors (Lipinski definition) is 1. The van der Waals surface area contributed by atoms with Gasteiger partial charge >= 0.3 is 0 Å². The number of nitrogens with two attached hydrogens (primary N) is 1. The summed E-state index contributed by atoms with van der Waals surface area (Å²) >= 11 is 0. The maximum Gasteiger partial charge on any atom is 0.0905 e. The molecule has 0 saturated carbocycles. The Balaban J connectivity index is 3.07. The molecule has 0 amide bonds. The van der Waals surface area contributed by atoms with Crippen molar-refractivity contribution in [1.29, 1.82) is 0 Å². The van der Waals surface area contributed by atoms with Crippen molar-refractivity contribution in [3.63, 3.8) is 0 Å². The van der Waals surface area contributed by atoms with Gasteiger partial charge in [-0.3, -0.25) is 4.99 Å². The summed E-state index contributed by atoms with van der Waals surface area (Å²) in [5, 5.41) is 0. The predicted molar refractivity (Wildman–Crippen MR) is 44.8 cm³/mol. The number of aliphatic imine (C=N–C) groups is 1. The standard InChI is InChI=1S/C8H14N2/c1-3-4-5-6-7-10-8(2)9/h1H,4-7H2,2H3,(H2,9,10). The first-order valence-corrected chi connectivity index (χ1v) is 3.47. The molecular formula is C8H14N2. The zero-order valence-electron chi connectivity index (χ0n) is 6.43. The second-order valence-corrected chi connectivity index (χ2v) is 2.18. The first kappa shape index (κ1) is 9.03. The van der Waals surface area contributed by atoms with Crippen LogP contribution in [0.2, 0.25) is 0 Å². The molecule has 10 heavy (non-hydrogen) atoms. The average molecular weight is 138 g/mol. The highest BCUT2D eigenvalue weighted by atomic mass is 14.8. The minimum Gasteiger partial charge on any atom is -0.388 e. The molecule has 0 atom stereocenters. The summed E-state index contributed by atoms with van der Waals surface area (Å²) < 4.78 is 0. The van der Waals surface area contributed by atoms with E-state index in [2.05, 4.69) is 10.9 Å². The Hall–Kier alpha value is -0.970. The average Bonchev–Trinajstić information content (AvgIpc) is 1.87. The fourth-order valence-corrected chi connectivity index (χ4v) is 0.594. The van der Waals surface area contributed by atoms with E-state index in [9.17, 15) is 0 Å². The van der Waals surface area contributed by atoms with Crippen LogP contribution in [-0.2, 0) is 0 Å². The summed E-state index contributed by atoms with van der Waals surface area (Å²) in [4.78, 5) is 4.02. The summed E-state index contributed by atoms with van der Waals surface area (Å²) in [5.74, 6) is 3.23. The number of amidine groups is 1. The van der Waals surface area contributed by atoms with E-state index in [0.29, 0.717) is 5.84 Å². The molecule has 0 aliphatic carbocycles. The van der Waals surface area contributed by atoms with Crippen LogP contribution < -0.4 is 5.73 Å². The second-order valence-electron chi connectivity index (χ2n) is 2.18. The predicted octanol–water partition coefficient (Wildman–Crippen LogP) is 1.17. The molecule has 0 aromatic heterocycles. The minimum atomic E-state index is 0.653. The van der Waals surface area contributed by atoms with E-state index in [1.165, 1.54) is 0 Å². The number of rotatable bonds is 4. The maximum atomic E-state index is 5.32. The van der Waals surface area contributed by atoms with E-state index in [-0.39, 0.29) is 0 Å². The number of nitrogens with zero attached hydrogens (tertiary/aromatic N) is 1. The first-order valence-electron chi connectivity index (χ1n) is 3.47. The summed E-state index contributed by atoms with van der Waals surface area (Å²) in [6.07, 6.45) is 8.00. The van der Waals surface area contributed by atoms with Crippen LogP contribution in [0.5, 0.6) is 0 Å². The maximum absolute atomic E-state index is 5.32. The second kappa shape index (κ2) is 6.15. The Morgan fingerprint density at radius 2 is 2.30 bits per heavy atom. The zero-order valence-corrected chi connectivity index (χ0v) is 6.43. The van der Waals surface area contributed by atoms with Crippen molar-refractivity contribution < 1.29 is 0 Å². The van der Waals surface area contributed by atoms with Crippen molar-refractivity contribution in [2.24, 2.45) is 10.7 Å². The summed E-state index contributed by atoms with van der Waals surface area (Å²) in [6.45, 7) is 2.60. The van der Waals surface area contributed by atoms with Gasteiger partial charge in [0.2, 0.25) is 0 Å². The molecule has 2 heteroatoms. The van der Waals surface area contributed by atoms with Gasteiger partial charge in [0.1, 0.15) is 0 Å². The summed E-state index contributed by atoms with van der Waals surface area (Å²) in [5.41, 5.74) is 5.32. The van der Waals surface area contributed by atoms with Gasteiger partial charge in [-0.1, -0.05) is 0 Å². The molecule has 0 bridgehead atoms. The van der Waals surface area contributed by atoms with Crippen LogP contribution in [0.15, 0.2) is 4.99 Å². The van der Waals surface area contributed by atoms with E-state index in [0.717, 1.165) is 25.8 Å². The quantitative estimate of drug-likeness (QED) is 0.269. The Labute approximate surface area is 62.5 Å². The molecular weight excluding hydrogens is 124 g/mol. The molecule has 0 aromatic carbocycles. The molecule has 0 saturated heterocycles. The molecule has 0 fully saturated rings. The van der Waals surface area contributed by atoms with Crippen molar-refractivity contribution in [3.05, 3.63) is 0 Å². The van der Waals surface area contributed by atoms with Crippen LogP contribution in [-0.4, -0.2) is 12.4 Å². The topological polar surface area (TPSA) is 38.4 Å². The smallest absolute Gasteiger partial charge is 0.0905 e. The normalized spacial score (nSPS) is 11.0. The lowest BCUT2D eigenvalue weighted by atomic mass is 10.2. The molecule has 0 aliphatic heterocycles. The first-order chi connectivity index (χ1) is 4.77. The Morgan fingerprint density at radius 3 is 2.80 bits per heavy atom. The van der Waals surface area contributed by atoms with Crippen molar-refractivity contribution in [1.82, 2.24) is 0 Å². The number of terminal acetylenes is 1.